The lowest BCUT2D eigenvalue weighted by molar-refractivity contribution is -0.137. The SMILES string of the molecule is CC[C@@H]1C(=O)N(C)c2cnc(Cc3ccc(C(=O)NCCOCCOCCOCCNCCCCC(=O)Nc4cccc5c4CN(C4CCC(=O)NC4=O)C5=O)cc3OC)nc2N1C1CCCC1.Cl. The maximum atomic E-state index is 13.3. The van der Waals surface area contributed by atoms with Crippen molar-refractivity contribution in [3.8, 4) is 5.75 Å². The second kappa shape index (κ2) is 25.8. The number of carbonyl (C=O) groups excluding carboxylic acids is 6. The molecule has 4 N–H and O–H groups in total. The first-order valence-corrected chi connectivity index (χ1v) is 23.9. The van der Waals surface area contributed by atoms with Crippen LogP contribution in [-0.2, 0) is 46.4 Å². The van der Waals surface area contributed by atoms with Crippen LogP contribution < -0.4 is 35.8 Å². The Bertz CT molecular complexity index is 2300. The lowest BCUT2D eigenvalue weighted by atomic mass is 10.0. The minimum absolute atomic E-state index is 0. The largest absolute Gasteiger partial charge is 0.496 e. The molecule has 374 valence electrons. The van der Waals surface area contributed by atoms with Gasteiger partial charge in [-0.25, -0.2) is 9.97 Å². The molecule has 3 aromatic rings. The number of methoxy groups -OCH3 is 1. The summed E-state index contributed by atoms with van der Waals surface area (Å²) in [6.45, 7) is 6.46. The number of ether oxygens (including phenoxy) is 4. The molecule has 7 rings (SSSR count). The fourth-order valence-corrected chi connectivity index (χ4v) is 9.31. The van der Waals surface area contributed by atoms with Gasteiger partial charge < -0.3 is 49.6 Å². The van der Waals surface area contributed by atoms with Crippen LogP contribution in [0.5, 0.6) is 5.75 Å². The van der Waals surface area contributed by atoms with E-state index in [1.54, 1.807) is 55.6 Å². The molecule has 0 bridgehead atoms. The lowest BCUT2D eigenvalue weighted by Crippen LogP contribution is -2.55. The molecule has 69 heavy (non-hydrogen) atoms. The number of fused-ring (bicyclic) bond motifs is 2. The Morgan fingerprint density at radius 3 is 2.36 bits per heavy atom. The van der Waals surface area contributed by atoms with Crippen LogP contribution in [0.25, 0.3) is 0 Å². The van der Waals surface area contributed by atoms with Crippen molar-refractivity contribution in [2.24, 2.45) is 0 Å². The van der Waals surface area contributed by atoms with E-state index in [0.717, 1.165) is 55.7 Å². The molecule has 2 aromatic carbocycles. The number of piperidine rings is 1. The molecule has 4 heterocycles. The van der Waals surface area contributed by atoms with E-state index >= 15 is 0 Å². The number of imide groups is 1. The number of hydrogen-bond donors (Lipinski definition) is 4. The zero-order valence-corrected chi connectivity index (χ0v) is 40.7. The first-order chi connectivity index (χ1) is 33.1. The van der Waals surface area contributed by atoms with Gasteiger partial charge in [-0.15, -0.1) is 12.4 Å². The maximum absolute atomic E-state index is 13.3. The molecule has 2 atom stereocenters. The molecule has 1 unspecified atom stereocenters. The van der Waals surface area contributed by atoms with E-state index in [-0.39, 0.29) is 73.4 Å². The van der Waals surface area contributed by atoms with E-state index in [4.69, 9.17) is 23.9 Å². The summed E-state index contributed by atoms with van der Waals surface area (Å²) in [4.78, 5) is 91.0. The minimum atomic E-state index is -0.712. The van der Waals surface area contributed by atoms with Gasteiger partial charge in [-0.2, -0.15) is 0 Å². The van der Waals surface area contributed by atoms with E-state index in [0.29, 0.717) is 112 Å². The molecule has 20 heteroatoms. The van der Waals surface area contributed by atoms with Gasteiger partial charge >= 0.3 is 0 Å². The summed E-state index contributed by atoms with van der Waals surface area (Å²) in [6.07, 6.45) is 9.51. The summed E-state index contributed by atoms with van der Waals surface area (Å²) in [6, 6.07) is 9.83. The van der Waals surface area contributed by atoms with Crippen molar-refractivity contribution >= 4 is 65.0 Å². The van der Waals surface area contributed by atoms with Crippen molar-refractivity contribution < 1.29 is 47.7 Å². The number of amides is 6. The van der Waals surface area contributed by atoms with Crippen LogP contribution in [0.4, 0.5) is 17.2 Å². The van der Waals surface area contributed by atoms with E-state index in [1.807, 2.05) is 13.0 Å². The predicted molar refractivity (Wildman–Crippen MR) is 260 cm³/mol. The summed E-state index contributed by atoms with van der Waals surface area (Å²) < 4.78 is 22.6. The quantitative estimate of drug-likeness (QED) is 0.0698. The van der Waals surface area contributed by atoms with Crippen LogP contribution in [0.15, 0.2) is 42.6 Å². The van der Waals surface area contributed by atoms with Crippen LogP contribution >= 0.6 is 12.4 Å². The van der Waals surface area contributed by atoms with Crippen molar-refractivity contribution in [2.45, 2.75) is 102 Å². The van der Waals surface area contributed by atoms with Crippen molar-refractivity contribution in [1.29, 1.82) is 0 Å². The smallest absolute Gasteiger partial charge is 0.255 e. The van der Waals surface area contributed by atoms with E-state index in [2.05, 4.69) is 31.2 Å². The van der Waals surface area contributed by atoms with Gasteiger partial charge in [-0.3, -0.25) is 34.1 Å². The number of nitrogens with zero attached hydrogens (tertiary/aromatic N) is 5. The normalized spacial score (nSPS) is 17.9. The first kappa shape index (κ1) is 52.6. The van der Waals surface area contributed by atoms with Gasteiger partial charge in [0.25, 0.3) is 11.8 Å². The molecular formula is C49H66ClN9O10. The molecule has 1 saturated carbocycles. The zero-order chi connectivity index (χ0) is 48.0. The van der Waals surface area contributed by atoms with Gasteiger partial charge in [0, 0.05) is 79.9 Å². The van der Waals surface area contributed by atoms with Crippen molar-refractivity contribution in [1.82, 2.24) is 30.8 Å². The molecule has 1 aromatic heterocycles. The van der Waals surface area contributed by atoms with Gasteiger partial charge in [0.05, 0.1) is 52.9 Å². The highest BCUT2D eigenvalue weighted by molar-refractivity contribution is 6.07. The van der Waals surface area contributed by atoms with E-state index in [9.17, 15) is 28.8 Å². The molecule has 6 amide bonds. The Balaban J connectivity index is 0.00000782. The standard InChI is InChI=1S/C49H65N9O10.ClH/c1-4-38-49(64)56(2)40-30-52-42(54-45(40)58(38)34-10-5-6-11-34)29-32-15-16-33(28-41(32)65-3)46(61)51-21-23-67-25-27-68-26-24-66-22-20-50-19-8-7-14-43(59)53-37-13-9-12-35-36(37)31-57(48(35)63)39-17-18-44(60)55-47(39)62;/h9,12-13,15-16,28,30,34,38-39,50H,4-8,10-11,14,17-27,29,31H2,1-3H3,(H,51,61)(H,53,59)(H,55,60,62);1H/t38-,39?;/m1./s1. The number of carbonyl (C=O) groups is 6. The zero-order valence-electron chi connectivity index (χ0n) is 39.8. The summed E-state index contributed by atoms with van der Waals surface area (Å²) in [5, 5.41) is 11.4. The number of likely N-dealkylation sites (N-methyl/N-ethyl adjacent to an activating group) is 1. The number of rotatable bonds is 25. The Kier molecular flexibility index (Phi) is 19.6. The average molecular weight is 977 g/mol. The van der Waals surface area contributed by atoms with Crippen LogP contribution in [0, 0.1) is 0 Å². The number of nitrogens with one attached hydrogen (secondary N) is 4. The topological polar surface area (TPSA) is 223 Å². The number of anilines is 3. The number of hydrogen-bond acceptors (Lipinski definition) is 14. The summed E-state index contributed by atoms with van der Waals surface area (Å²) in [7, 11) is 3.37. The summed E-state index contributed by atoms with van der Waals surface area (Å²) in [5.41, 5.74) is 3.73. The second-order valence-electron chi connectivity index (χ2n) is 17.4. The highest BCUT2D eigenvalue weighted by Crippen LogP contribution is 2.40. The molecule has 0 spiro atoms. The van der Waals surface area contributed by atoms with Gasteiger partial charge in [-0.05, 0) is 69.3 Å². The van der Waals surface area contributed by atoms with Crippen molar-refractivity contribution in [2.75, 3.05) is 88.5 Å². The number of halogens is 1. The number of benzene rings is 2. The van der Waals surface area contributed by atoms with Crippen molar-refractivity contribution in [3.05, 3.63) is 70.7 Å². The van der Waals surface area contributed by atoms with Crippen LogP contribution in [0.2, 0.25) is 0 Å². The molecule has 4 aliphatic rings. The molecular weight excluding hydrogens is 910 g/mol. The molecule has 19 nitrogen and oxygen atoms in total. The van der Waals surface area contributed by atoms with Crippen LogP contribution in [0.3, 0.4) is 0 Å². The summed E-state index contributed by atoms with van der Waals surface area (Å²) in [5.74, 6) is 0.588. The van der Waals surface area contributed by atoms with Crippen LogP contribution in [0.1, 0.15) is 109 Å². The van der Waals surface area contributed by atoms with Gasteiger partial charge in [-0.1, -0.05) is 31.9 Å². The maximum Gasteiger partial charge on any atom is 0.255 e. The van der Waals surface area contributed by atoms with Gasteiger partial charge in [0.1, 0.15) is 29.3 Å². The van der Waals surface area contributed by atoms with Crippen LogP contribution in [-0.4, -0.2) is 142 Å². The highest BCUT2D eigenvalue weighted by Gasteiger charge is 2.42. The average Bonchev–Trinajstić information content (AvgIpc) is 3.99. The van der Waals surface area contributed by atoms with Gasteiger partial charge in [0.2, 0.25) is 23.6 Å². The summed E-state index contributed by atoms with van der Waals surface area (Å²) >= 11 is 0. The number of unbranched alkanes of at least 4 members (excludes halogenated alkanes) is 1. The molecule has 1 aliphatic carbocycles. The first-order valence-electron chi connectivity index (χ1n) is 23.9. The molecule has 1 saturated heterocycles. The molecule has 0 radical (unpaired) electrons. The third-order valence-electron chi connectivity index (χ3n) is 12.9. The predicted octanol–water partition coefficient (Wildman–Crippen LogP) is 3.94. The lowest BCUT2D eigenvalue weighted by Gasteiger charge is -2.43. The molecule has 3 aliphatic heterocycles. The Hall–Kier alpha value is -5.73. The second-order valence-corrected chi connectivity index (χ2v) is 17.4. The highest BCUT2D eigenvalue weighted by atomic mass is 35.5. The monoisotopic (exact) mass is 975 g/mol. The third kappa shape index (κ3) is 13.3. The number of aromatic nitrogens is 2. The Labute approximate surface area is 409 Å². The van der Waals surface area contributed by atoms with E-state index in [1.165, 1.54) is 4.90 Å². The fourth-order valence-electron chi connectivity index (χ4n) is 9.31. The Morgan fingerprint density at radius 1 is 0.899 bits per heavy atom. The van der Waals surface area contributed by atoms with Gasteiger partial charge in [0.15, 0.2) is 5.82 Å². The fraction of sp³-hybridized carbons (Fsp3) is 0.551. The Morgan fingerprint density at radius 2 is 1.64 bits per heavy atom. The van der Waals surface area contributed by atoms with Crippen molar-refractivity contribution in [3.63, 3.8) is 0 Å². The molecule has 2 fully saturated rings. The minimum Gasteiger partial charge on any atom is -0.496 e. The van der Waals surface area contributed by atoms with E-state index < -0.39 is 11.9 Å². The third-order valence-corrected chi connectivity index (χ3v) is 12.9.